The summed E-state index contributed by atoms with van der Waals surface area (Å²) in [6.45, 7) is 0. The Bertz CT molecular complexity index is 770. The van der Waals surface area contributed by atoms with E-state index < -0.39 is 17.1 Å². The first kappa shape index (κ1) is 13.2. The number of anilines is 1. The van der Waals surface area contributed by atoms with Crippen molar-refractivity contribution in [3.8, 4) is 0 Å². The van der Waals surface area contributed by atoms with E-state index in [9.17, 15) is 13.4 Å². The Balaban J connectivity index is 2.03. The van der Waals surface area contributed by atoms with Crippen LogP contribution in [0.5, 0.6) is 0 Å². The molecule has 0 spiro atoms. The summed E-state index contributed by atoms with van der Waals surface area (Å²) in [5.74, 6) is 0. The Morgan fingerprint density at radius 2 is 1.95 bits per heavy atom. The van der Waals surface area contributed by atoms with Crippen LogP contribution in [0, 0.1) is 0 Å². The van der Waals surface area contributed by atoms with Crippen LogP contribution in [0.25, 0.3) is 0 Å². The van der Waals surface area contributed by atoms with Crippen LogP contribution in [0.2, 0.25) is 0 Å². The number of nitrogens with two attached hydrogens (primary N) is 1. The second-order valence-corrected chi connectivity index (χ2v) is 6.95. The van der Waals surface area contributed by atoms with Crippen molar-refractivity contribution in [3.63, 3.8) is 0 Å². The van der Waals surface area contributed by atoms with Crippen LogP contribution < -0.4 is 11.2 Å². The van der Waals surface area contributed by atoms with Gasteiger partial charge in [-0.1, -0.05) is 6.07 Å². The van der Waals surface area contributed by atoms with Crippen molar-refractivity contribution in [1.29, 1.82) is 0 Å². The van der Waals surface area contributed by atoms with Gasteiger partial charge in [-0.15, -0.1) is 11.3 Å². The summed E-state index contributed by atoms with van der Waals surface area (Å²) in [5, 5.41) is 15.8. The molecule has 0 unspecified atom stereocenters. The average Bonchev–Trinajstić information content (AvgIpc) is 2.88. The first-order chi connectivity index (χ1) is 9.50. The summed E-state index contributed by atoms with van der Waals surface area (Å²) in [5.41, 5.74) is 6.54. The summed E-state index contributed by atoms with van der Waals surface area (Å²) in [6.07, 6.45) is 1.43. The monoisotopic (exact) mass is 307 g/mol. The van der Waals surface area contributed by atoms with E-state index in [1.807, 2.05) is 0 Å². The fourth-order valence-corrected chi connectivity index (χ4v) is 3.90. The smallest absolute Gasteiger partial charge is 0.427 e. The molecule has 2 heterocycles. The number of hydrazone groups is 1. The zero-order valence-electron chi connectivity index (χ0n) is 10.2. The fourth-order valence-electron chi connectivity index (χ4n) is 1.88. The highest BCUT2D eigenvalue weighted by Crippen LogP contribution is 2.21. The predicted molar refractivity (Wildman–Crippen MR) is 79.4 cm³/mol. The van der Waals surface area contributed by atoms with Crippen molar-refractivity contribution in [2.24, 2.45) is 5.10 Å². The molecule has 20 heavy (non-hydrogen) atoms. The Morgan fingerprint density at radius 1 is 1.25 bits per heavy atom. The molecule has 1 aromatic carbocycles. The van der Waals surface area contributed by atoms with Gasteiger partial charge in [0.25, 0.3) is 10.0 Å². The minimum atomic E-state index is -3.91. The van der Waals surface area contributed by atoms with Crippen molar-refractivity contribution in [1.82, 2.24) is 4.33 Å². The van der Waals surface area contributed by atoms with Gasteiger partial charge in [-0.3, -0.25) is 0 Å². The van der Waals surface area contributed by atoms with Crippen molar-refractivity contribution in [2.45, 2.75) is 4.90 Å². The molecule has 0 saturated carbocycles. The zero-order valence-corrected chi connectivity index (χ0v) is 11.8. The average molecular weight is 307 g/mol. The second-order valence-electron chi connectivity index (χ2n) is 4.21. The topological polar surface area (TPSA) is 96.0 Å². The summed E-state index contributed by atoms with van der Waals surface area (Å²) < 4.78 is 25.6. The molecular weight excluding hydrogens is 297 g/mol. The van der Waals surface area contributed by atoms with Gasteiger partial charge in [0.1, 0.15) is 0 Å². The summed E-state index contributed by atoms with van der Waals surface area (Å²) >= 11 is 1.39. The molecule has 3 N–H and O–H groups in total. The molecule has 1 aliphatic heterocycles. The van der Waals surface area contributed by atoms with E-state index in [4.69, 9.17) is 5.73 Å². The molecule has 0 bridgehead atoms. The van der Waals surface area contributed by atoms with E-state index in [1.165, 1.54) is 41.8 Å². The third-order valence-electron chi connectivity index (χ3n) is 2.93. The van der Waals surface area contributed by atoms with E-state index in [0.717, 1.165) is 4.88 Å². The number of nitrogen functional groups attached to an aromatic ring is 1. The standard InChI is InChI=1S/C11H10BN3O3S2/c13-8-1-3-9(4-2-8)20(17,18)15-12(16)10-5-6-19-11(10)7-14-15/h1-7,16H,13H2. The molecule has 0 amide bonds. The summed E-state index contributed by atoms with van der Waals surface area (Å²) in [6, 6.07) is 7.43. The third kappa shape index (κ3) is 2.00. The lowest BCUT2D eigenvalue weighted by Gasteiger charge is -2.24. The van der Waals surface area contributed by atoms with Gasteiger partial charge in [0.15, 0.2) is 0 Å². The Morgan fingerprint density at radius 3 is 2.65 bits per heavy atom. The Hall–Kier alpha value is -1.84. The van der Waals surface area contributed by atoms with Gasteiger partial charge in [-0.05, 0) is 35.1 Å². The van der Waals surface area contributed by atoms with Crippen molar-refractivity contribution in [3.05, 3.63) is 40.6 Å². The van der Waals surface area contributed by atoms with Gasteiger partial charge in [-0.25, -0.2) is 8.42 Å². The molecule has 0 radical (unpaired) electrons. The van der Waals surface area contributed by atoms with Crippen LogP contribution >= 0.6 is 11.3 Å². The fraction of sp³-hybridized carbons (Fsp3) is 0. The van der Waals surface area contributed by atoms with Crippen molar-refractivity contribution in [2.75, 3.05) is 5.73 Å². The molecule has 0 fully saturated rings. The van der Waals surface area contributed by atoms with E-state index in [2.05, 4.69) is 5.10 Å². The van der Waals surface area contributed by atoms with Crippen molar-refractivity contribution < 1.29 is 13.4 Å². The molecule has 0 aliphatic carbocycles. The van der Waals surface area contributed by atoms with E-state index in [-0.39, 0.29) is 4.90 Å². The van der Waals surface area contributed by atoms with Crippen LogP contribution in [0.4, 0.5) is 5.69 Å². The molecule has 1 aliphatic rings. The molecule has 6 nitrogen and oxygen atoms in total. The van der Waals surface area contributed by atoms with Gasteiger partial charge in [0.2, 0.25) is 0 Å². The normalized spacial score (nSPS) is 14.4. The first-order valence-corrected chi connectivity index (χ1v) is 8.01. The van der Waals surface area contributed by atoms with E-state index in [0.29, 0.717) is 15.5 Å². The van der Waals surface area contributed by atoms with Crippen molar-refractivity contribution >= 4 is 45.8 Å². The minimum absolute atomic E-state index is 0.0292. The van der Waals surface area contributed by atoms with Crippen LogP contribution in [-0.4, -0.2) is 31.0 Å². The van der Waals surface area contributed by atoms with Crippen LogP contribution in [0.1, 0.15) is 4.88 Å². The highest BCUT2D eigenvalue weighted by molar-refractivity contribution is 7.90. The number of nitrogens with zero attached hydrogens (tertiary/aromatic N) is 2. The molecule has 9 heteroatoms. The highest BCUT2D eigenvalue weighted by Gasteiger charge is 2.38. The molecule has 2 aromatic rings. The largest absolute Gasteiger partial charge is 0.485 e. The molecule has 102 valence electrons. The molecule has 0 saturated heterocycles. The SMILES string of the molecule is Nc1ccc(S(=O)(=O)N2N=Cc3sccc3B2O)cc1. The maximum absolute atomic E-state index is 12.5. The minimum Gasteiger partial charge on any atom is -0.427 e. The number of benzene rings is 1. The number of fused-ring (bicyclic) bond motifs is 1. The van der Waals surface area contributed by atoms with Gasteiger partial charge in [0.05, 0.1) is 11.1 Å². The quantitative estimate of drug-likeness (QED) is 0.605. The molecular formula is C11H10BN3O3S2. The number of hydrogen-bond acceptors (Lipinski definition) is 6. The van der Waals surface area contributed by atoms with E-state index in [1.54, 1.807) is 11.4 Å². The Labute approximate surface area is 120 Å². The zero-order chi connectivity index (χ0) is 14.3. The first-order valence-electron chi connectivity index (χ1n) is 5.69. The second kappa shape index (κ2) is 4.62. The number of rotatable bonds is 2. The maximum Gasteiger partial charge on any atom is 0.485 e. The lowest BCUT2D eigenvalue weighted by atomic mass is 9.75. The Kier molecular flexibility index (Phi) is 3.04. The number of hydrogen-bond donors (Lipinski definition) is 2. The lowest BCUT2D eigenvalue weighted by molar-refractivity contribution is 0.476. The van der Waals surface area contributed by atoms with Crippen LogP contribution in [0.3, 0.4) is 0 Å². The molecule has 0 atom stereocenters. The van der Waals surface area contributed by atoms with Gasteiger partial charge >= 0.3 is 7.05 Å². The maximum atomic E-state index is 12.5. The predicted octanol–water partition coefficient (Wildman–Crippen LogP) is 0.0562. The third-order valence-corrected chi connectivity index (χ3v) is 5.45. The van der Waals surface area contributed by atoms with Gasteiger partial charge in [-0.2, -0.15) is 9.43 Å². The molecule has 1 aromatic heterocycles. The molecule has 3 rings (SSSR count). The van der Waals surface area contributed by atoms with Gasteiger partial charge < -0.3 is 10.8 Å². The van der Waals surface area contributed by atoms with Gasteiger partial charge in [0, 0.05) is 10.6 Å². The highest BCUT2D eigenvalue weighted by atomic mass is 32.2. The summed E-state index contributed by atoms with van der Waals surface area (Å²) in [4.78, 5) is 0.780. The van der Waals surface area contributed by atoms with Crippen LogP contribution in [-0.2, 0) is 10.0 Å². The van der Waals surface area contributed by atoms with E-state index >= 15 is 0 Å². The van der Waals surface area contributed by atoms with Crippen LogP contribution in [0.15, 0.2) is 45.7 Å². The summed E-state index contributed by atoms with van der Waals surface area (Å²) in [7, 11) is -5.23. The number of thiophene rings is 1. The number of sulfonamides is 1. The lowest BCUT2D eigenvalue weighted by Crippen LogP contribution is -2.51.